The molecule has 3 N–H and O–H groups in total. The molecule has 0 aromatic carbocycles. The predicted octanol–water partition coefficient (Wildman–Crippen LogP) is 1.81. The fraction of sp³-hybridized carbons (Fsp3) is 0.750. The molecule has 0 spiro atoms. The summed E-state index contributed by atoms with van der Waals surface area (Å²) in [6.07, 6.45) is 9.48. The molecule has 1 aromatic heterocycles. The molecule has 128 valence electrons. The van der Waals surface area contributed by atoms with Crippen LogP contribution in [0, 0.1) is 5.41 Å². The SMILES string of the molecule is O=C(NCC1(CN2CCOCC2)CCCCC1)Nc1cn[nH]c1. The first-order valence-corrected chi connectivity index (χ1v) is 8.60. The smallest absolute Gasteiger partial charge is 0.319 e. The van der Waals surface area contributed by atoms with Crippen LogP contribution in [0.3, 0.4) is 0 Å². The van der Waals surface area contributed by atoms with Gasteiger partial charge in [0.15, 0.2) is 0 Å². The summed E-state index contributed by atoms with van der Waals surface area (Å²) in [4.78, 5) is 14.6. The van der Waals surface area contributed by atoms with Gasteiger partial charge in [-0.3, -0.25) is 10.00 Å². The number of hydrogen-bond acceptors (Lipinski definition) is 4. The number of carbonyl (C=O) groups is 1. The molecular weight excluding hydrogens is 294 g/mol. The summed E-state index contributed by atoms with van der Waals surface area (Å²) in [7, 11) is 0. The molecule has 0 unspecified atom stereocenters. The van der Waals surface area contributed by atoms with Gasteiger partial charge in [-0.05, 0) is 12.8 Å². The molecule has 0 radical (unpaired) electrons. The molecule has 3 rings (SSSR count). The number of urea groups is 1. The number of aromatic nitrogens is 2. The maximum atomic E-state index is 12.1. The second-order valence-electron chi connectivity index (χ2n) is 6.74. The molecule has 7 heteroatoms. The van der Waals surface area contributed by atoms with Gasteiger partial charge in [0.2, 0.25) is 0 Å². The third-order valence-corrected chi connectivity index (χ3v) is 4.96. The van der Waals surface area contributed by atoms with Gasteiger partial charge in [0.05, 0.1) is 25.1 Å². The second-order valence-corrected chi connectivity index (χ2v) is 6.74. The molecule has 1 saturated heterocycles. The van der Waals surface area contributed by atoms with E-state index in [2.05, 4.69) is 25.7 Å². The molecular formula is C16H27N5O2. The Bertz CT molecular complexity index is 479. The number of nitrogens with one attached hydrogen (secondary N) is 3. The molecule has 2 aliphatic rings. The number of ether oxygens (including phenoxy) is 1. The van der Waals surface area contributed by atoms with Crippen molar-refractivity contribution in [3.05, 3.63) is 12.4 Å². The van der Waals surface area contributed by atoms with Crippen LogP contribution < -0.4 is 10.6 Å². The number of H-pyrrole nitrogens is 1. The summed E-state index contributed by atoms with van der Waals surface area (Å²) in [6.45, 7) is 5.44. The molecule has 1 saturated carbocycles. The van der Waals surface area contributed by atoms with E-state index in [1.807, 2.05) is 0 Å². The highest BCUT2D eigenvalue weighted by Crippen LogP contribution is 2.36. The van der Waals surface area contributed by atoms with Crippen LogP contribution in [0.5, 0.6) is 0 Å². The highest BCUT2D eigenvalue weighted by Gasteiger charge is 2.34. The van der Waals surface area contributed by atoms with E-state index in [0.29, 0.717) is 5.69 Å². The minimum atomic E-state index is -0.154. The quantitative estimate of drug-likeness (QED) is 0.772. The van der Waals surface area contributed by atoms with Crippen molar-refractivity contribution >= 4 is 11.7 Å². The first-order chi connectivity index (χ1) is 11.3. The zero-order valence-electron chi connectivity index (χ0n) is 13.6. The van der Waals surface area contributed by atoms with Crippen LogP contribution in [-0.4, -0.2) is 60.5 Å². The number of morpholine rings is 1. The van der Waals surface area contributed by atoms with E-state index in [9.17, 15) is 4.79 Å². The zero-order valence-corrected chi connectivity index (χ0v) is 13.6. The largest absolute Gasteiger partial charge is 0.379 e. The lowest BCUT2D eigenvalue weighted by molar-refractivity contribution is 0.00793. The van der Waals surface area contributed by atoms with Gasteiger partial charge < -0.3 is 15.4 Å². The van der Waals surface area contributed by atoms with E-state index >= 15 is 0 Å². The minimum Gasteiger partial charge on any atom is -0.379 e. The van der Waals surface area contributed by atoms with Crippen LogP contribution in [-0.2, 0) is 4.74 Å². The Labute approximate surface area is 137 Å². The summed E-state index contributed by atoms with van der Waals surface area (Å²) >= 11 is 0. The molecule has 1 aliphatic carbocycles. The van der Waals surface area contributed by atoms with Crippen molar-refractivity contribution in [2.45, 2.75) is 32.1 Å². The van der Waals surface area contributed by atoms with E-state index in [4.69, 9.17) is 4.74 Å². The van der Waals surface area contributed by atoms with Crippen molar-refractivity contribution in [3.8, 4) is 0 Å². The Morgan fingerprint density at radius 2 is 2.09 bits per heavy atom. The summed E-state index contributed by atoms with van der Waals surface area (Å²) in [5, 5.41) is 12.4. The standard InChI is InChI=1S/C16H27N5O2/c22-15(20-14-10-18-19-11-14)17-12-16(4-2-1-3-5-16)13-21-6-8-23-9-7-21/h10-11H,1-9,12-13H2,(H,18,19)(H2,17,20,22). The maximum Gasteiger partial charge on any atom is 0.319 e. The fourth-order valence-electron chi connectivity index (χ4n) is 3.69. The lowest BCUT2D eigenvalue weighted by atomic mass is 9.73. The van der Waals surface area contributed by atoms with E-state index in [-0.39, 0.29) is 11.4 Å². The normalized spacial score (nSPS) is 21.7. The maximum absolute atomic E-state index is 12.1. The molecule has 0 bridgehead atoms. The predicted molar refractivity (Wildman–Crippen MR) is 88.4 cm³/mol. The molecule has 23 heavy (non-hydrogen) atoms. The topological polar surface area (TPSA) is 82.3 Å². The third-order valence-electron chi connectivity index (χ3n) is 4.96. The van der Waals surface area contributed by atoms with Gasteiger partial charge >= 0.3 is 6.03 Å². The monoisotopic (exact) mass is 321 g/mol. The van der Waals surface area contributed by atoms with E-state index in [1.165, 1.54) is 32.1 Å². The Morgan fingerprint density at radius 1 is 1.30 bits per heavy atom. The number of amides is 2. The van der Waals surface area contributed by atoms with Crippen LogP contribution in [0.4, 0.5) is 10.5 Å². The first-order valence-electron chi connectivity index (χ1n) is 8.60. The van der Waals surface area contributed by atoms with Crippen molar-refractivity contribution < 1.29 is 9.53 Å². The van der Waals surface area contributed by atoms with Crippen molar-refractivity contribution in [1.29, 1.82) is 0 Å². The number of aromatic amines is 1. The van der Waals surface area contributed by atoms with Crippen molar-refractivity contribution in [1.82, 2.24) is 20.4 Å². The average molecular weight is 321 g/mol. The number of anilines is 1. The van der Waals surface area contributed by atoms with E-state index in [0.717, 1.165) is 39.4 Å². The minimum absolute atomic E-state index is 0.154. The summed E-state index contributed by atoms with van der Waals surface area (Å²) in [5.74, 6) is 0. The van der Waals surface area contributed by atoms with Crippen molar-refractivity contribution in [3.63, 3.8) is 0 Å². The Balaban J connectivity index is 1.54. The summed E-state index contributed by atoms with van der Waals surface area (Å²) < 4.78 is 5.45. The molecule has 0 atom stereocenters. The number of carbonyl (C=O) groups excluding carboxylic acids is 1. The van der Waals surface area contributed by atoms with Crippen LogP contribution in [0.2, 0.25) is 0 Å². The van der Waals surface area contributed by atoms with Gasteiger partial charge in [-0.2, -0.15) is 5.10 Å². The van der Waals surface area contributed by atoms with E-state index < -0.39 is 0 Å². The molecule has 2 heterocycles. The fourth-order valence-corrected chi connectivity index (χ4v) is 3.69. The van der Waals surface area contributed by atoms with Crippen molar-refractivity contribution in [2.75, 3.05) is 44.7 Å². The molecule has 7 nitrogen and oxygen atoms in total. The van der Waals surface area contributed by atoms with Crippen LogP contribution in [0.25, 0.3) is 0 Å². The molecule has 1 aliphatic heterocycles. The first kappa shape index (κ1) is 16.3. The van der Waals surface area contributed by atoms with Gasteiger partial charge in [0.25, 0.3) is 0 Å². The molecule has 2 fully saturated rings. The second kappa shape index (κ2) is 7.79. The number of hydrogen-bond donors (Lipinski definition) is 3. The number of nitrogens with zero attached hydrogens (tertiary/aromatic N) is 2. The Hall–Kier alpha value is -1.60. The lowest BCUT2D eigenvalue weighted by Crippen LogP contribution is -2.50. The van der Waals surface area contributed by atoms with Gasteiger partial charge in [0, 0.05) is 37.8 Å². The number of rotatable bonds is 5. The highest BCUT2D eigenvalue weighted by molar-refractivity contribution is 5.88. The van der Waals surface area contributed by atoms with Crippen molar-refractivity contribution in [2.24, 2.45) is 5.41 Å². The highest BCUT2D eigenvalue weighted by atomic mass is 16.5. The Kier molecular flexibility index (Phi) is 5.51. The van der Waals surface area contributed by atoms with Crippen LogP contribution >= 0.6 is 0 Å². The molecule has 1 aromatic rings. The summed E-state index contributed by atoms with van der Waals surface area (Å²) in [6, 6.07) is -0.154. The summed E-state index contributed by atoms with van der Waals surface area (Å²) in [5.41, 5.74) is 0.886. The Morgan fingerprint density at radius 3 is 2.78 bits per heavy atom. The third kappa shape index (κ3) is 4.68. The van der Waals surface area contributed by atoms with Gasteiger partial charge in [-0.15, -0.1) is 0 Å². The van der Waals surface area contributed by atoms with Gasteiger partial charge in [-0.25, -0.2) is 4.79 Å². The van der Waals surface area contributed by atoms with E-state index in [1.54, 1.807) is 12.4 Å². The van der Waals surface area contributed by atoms with Crippen LogP contribution in [0.1, 0.15) is 32.1 Å². The van der Waals surface area contributed by atoms with Gasteiger partial charge in [-0.1, -0.05) is 19.3 Å². The van der Waals surface area contributed by atoms with Gasteiger partial charge in [0.1, 0.15) is 0 Å². The molecule has 2 amide bonds. The lowest BCUT2D eigenvalue weighted by Gasteiger charge is -2.42. The van der Waals surface area contributed by atoms with Crippen LogP contribution in [0.15, 0.2) is 12.4 Å². The zero-order chi connectivity index (χ0) is 16.0. The average Bonchev–Trinajstić information content (AvgIpc) is 3.08.